The van der Waals surface area contributed by atoms with Crippen molar-refractivity contribution in [3.8, 4) is 0 Å². The van der Waals surface area contributed by atoms with Crippen LogP contribution in [-0.4, -0.2) is 75.2 Å². The minimum atomic E-state index is -4.06. The fourth-order valence-corrected chi connectivity index (χ4v) is 42.6. The van der Waals surface area contributed by atoms with Gasteiger partial charge in [-0.15, -0.1) is 0 Å². The molecule has 79 heavy (non-hydrogen) atoms. The van der Waals surface area contributed by atoms with Crippen LogP contribution in [0.4, 0.5) is 0 Å². The summed E-state index contributed by atoms with van der Waals surface area (Å²) in [4.78, 5) is 0. The van der Waals surface area contributed by atoms with Crippen molar-refractivity contribution in [3.05, 3.63) is 292 Å². The molecule has 0 spiro atoms. The van der Waals surface area contributed by atoms with Crippen molar-refractivity contribution in [2.45, 2.75) is 145 Å². The summed E-state index contributed by atoms with van der Waals surface area (Å²) in [5, 5.41) is 0. The monoisotopic (exact) mass is 1100 g/mol. The summed E-state index contributed by atoms with van der Waals surface area (Å²) in [5.74, 6) is 0. The standard InChI is InChI=1S/C72H84BO3P3/c1-13-37-61(38-14-1)77(62-39-15-2-16-40-62,63-41-17-3-18-42-63,64-43-19-4-20-44-64)74-73(75-78(65-45-21-5-22-46-65,66-47-23-6-24-48-66,67-49-25-7-26-50-67)68-51-27-8-28-52-68)76-79(69-53-29-9-30-54-69,70-55-31-10-32-56-70,71-57-33-11-34-58-71)72-59-35-12-36-60-72/h1-37,39,41,43,45,47,49,51,53,55,57,59,61-72H,38,40,42,44,46,48,50,52,54,56,58,60H2. The van der Waals surface area contributed by atoms with Gasteiger partial charge in [0.05, 0.1) is 0 Å². The van der Waals surface area contributed by atoms with Gasteiger partial charge in [0.1, 0.15) is 0 Å². The first-order valence-corrected chi connectivity index (χ1v) is 37.4. The van der Waals surface area contributed by atoms with Gasteiger partial charge in [0.15, 0.2) is 0 Å². The Morgan fingerprint density at radius 2 is 0.291 bits per heavy atom. The zero-order valence-corrected chi connectivity index (χ0v) is 49.0. The van der Waals surface area contributed by atoms with E-state index in [2.05, 4.69) is 292 Å². The van der Waals surface area contributed by atoms with Crippen molar-refractivity contribution in [2.75, 3.05) is 0 Å². The third-order valence-electron chi connectivity index (χ3n) is 21.0. The normalized spacial score (nSPS) is 34.3. The van der Waals surface area contributed by atoms with Gasteiger partial charge < -0.3 is 0 Å². The van der Waals surface area contributed by atoms with Crippen LogP contribution >= 0.6 is 20.5 Å². The average Bonchev–Trinajstić information content (AvgIpc) is 3.73. The number of allylic oxidation sites excluding steroid dienone is 48. The first-order valence-electron chi connectivity index (χ1n) is 30.2. The molecule has 12 unspecified atom stereocenters. The molecule has 3 nitrogen and oxygen atoms in total. The van der Waals surface area contributed by atoms with E-state index in [0.29, 0.717) is 0 Å². The molecule has 0 heterocycles. The van der Waals surface area contributed by atoms with Crippen molar-refractivity contribution in [2.24, 2.45) is 0 Å². The number of hydrogen-bond acceptors (Lipinski definition) is 3. The van der Waals surface area contributed by atoms with Crippen LogP contribution < -0.4 is 0 Å². The molecule has 7 heteroatoms. The second-order valence-electron chi connectivity index (χ2n) is 23.9. The molecule has 0 saturated carbocycles. The zero-order valence-electron chi connectivity index (χ0n) is 46.3. The molecule has 0 aromatic carbocycles. The summed E-state index contributed by atoms with van der Waals surface area (Å²) in [7, 11) is -1.07. The van der Waals surface area contributed by atoms with Gasteiger partial charge in [0.2, 0.25) is 0 Å². The van der Waals surface area contributed by atoms with Crippen LogP contribution in [0.15, 0.2) is 292 Å². The molecular weight excluding hydrogens is 1020 g/mol. The molecule has 0 bridgehead atoms. The topological polar surface area (TPSA) is 27.7 Å². The number of hydrogen-bond donors (Lipinski definition) is 0. The molecule has 0 radical (unpaired) electrons. The maximum absolute atomic E-state index is 9.75. The van der Waals surface area contributed by atoms with Crippen LogP contribution in [0, 0.1) is 0 Å². The second-order valence-corrected chi connectivity index (χ2v) is 40.4. The summed E-state index contributed by atoms with van der Waals surface area (Å²) in [6.45, 7) is -12.2. The van der Waals surface area contributed by atoms with Gasteiger partial charge in [-0.2, -0.15) is 0 Å². The number of rotatable bonds is 18. The Bertz CT molecular complexity index is 2350. The van der Waals surface area contributed by atoms with Crippen LogP contribution in [-0.2, 0) is 13.3 Å². The molecule has 12 atom stereocenters. The molecule has 0 aromatic heterocycles. The van der Waals surface area contributed by atoms with Crippen molar-refractivity contribution in [1.29, 1.82) is 0 Å². The Kier molecular flexibility index (Phi) is 16.2. The fraction of sp³-hybridized carbons (Fsp3) is 0.333. The molecule has 12 aliphatic rings. The first kappa shape index (κ1) is 54.6. The van der Waals surface area contributed by atoms with Gasteiger partial charge in [0, 0.05) is 0 Å². The van der Waals surface area contributed by atoms with E-state index in [1.165, 1.54) is 0 Å². The van der Waals surface area contributed by atoms with E-state index in [1.54, 1.807) is 0 Å². The van der Waals surface area contributed by atoms with E-state index in [-0.39, 0.29) is 67.9 Å². The molecule has 0 amide bonds. The van der Waals surface area contributed by atoms with Gasteiger partial charge >= 0.3 is 478 Å². The summed E-state index contributed by atoms with van der Waals surface area (Å²) in [6.07, 6.45) is 127. The molecule has 12 rings (SSSR count). The van der Waals surface area contributed by atoms with E-state index in [9.17, 15) is 13.3 Å². The van der Waals surface area contributed by atoms with Crippen LogP contribution in [0.3, 0.4) is 0 Å². The van der Waals surface area contributed by atoms with E-state index in [4.69, 9.17) is 0 Å². The summed E-state index contributed by atoms with van der Waals surface area (Å²) >= 11 is 0. The second kappa shape index (κ2) is 23.5. The summed E-state index contributed by atoms with van der Waals surface area (Å²) < 4.78 is 29.2. The Morgan fingerprint density at radius 3 is 0.380 bits per heavy atom. The van der Waals surface area contributed by atoms with Crippen LogP contribution in [0.2, 0.25) is 0 Å². The third kappa shape index (κ3) is 8.76. The molecule has 0 N–H and O–H groups in total. The SMILES string of the molecule is C1=CCC(P(OB(OP(C2C=CC=CC2)(C2C=CC=CC2)(C2C=CC=CC2)C2C=CC=CC2)OP(C2C=CC=CC2)(C2C=CC=CC2)(C2C=CC=CC2)C2C=CC=CC2)(C2C=CC=CC2)(C2C=CC=CC2)C2C=CC=CC2)C=C1. The predicted molar refractivity (Wildman–Crippen MR) is 350 cm³/mol. The Labute approximate surface area is 475 Å². The molecule has 12 aliphatic carbocycles. The van der Waals surface area contributed by atoms with Crippen LogP contribution in [0.25, 0.3) is 0 Å². The van der Waals surface area contributed by atoms with Crippen molar-refractivity contribution in [3.63, 3.8) is 0 Å². The molecule has 0 fully saturated rings. The van der Waals surface area contributed by atoms with Gasteiger partial charge in [-0.05, 0) is 0 Å². The minimum absolute atomic E-state index is 0.0706. The van der Waals surface area contributed by atoms with Crippen molar-refractivity contribution >= 4 is 27.8 Å². The fourth-order valence-electron chi connectivity index (χ4n) is 17.7. The van der Waals surface area contributed by atoms with E-state index in [1.807, 2.05) is 0 Å². The Balaban J connectivity index is 1.25. The molecule has 0 aromatic rings. The van der Waals surface area contributed by atoms with Gasteiger partial charge in [0.25, 0.3) is 0 Å². The molecule has 408 valence electrons. The van der Waals surface area contributed by atoms with E-state index in [0.717, 1.165) is 77.0 Å². The summed E-state index contributed by atoms with van der Waals surface area (Å²) in [5.41, 5.74) is 0.847. The third-order valence-corrected chi connectivity index (χ3v) is 44.6. The Morgan fingerprint density at radius 1 is 0.177 bits per heavy atom. The van der Waals surface area contributed by atoms with Crippen molar-refractivity contribution < 1.29 is 13.3 Å². The predicted octanol–water partition coefficient (Wildman–Crippen LogP) is 19.0. The molecule has 0 saturated heterocycles. The first-order chi connectivity index (χ1) is 39.1. The Hall–Kier alpha value is -5.01. The van der Waals surface area contributed by atoms with Crippen molar-refractivity contribution in [1.82, 2.24) is 0 Å². The average molecular weight is 1100 g/mol. The van der Waals surface area contributed by atoms with Crippen LogP contribution in [0.5, 0.6) is 0 Å². The molecular formula is C72H84BO3P3. The molecule has 0 aliphatic heterocycles. The maximum atomic E-state index is 9.75. The van der Waals surface area contributed by atoms with Gasteiger partial charge in [-0.25, -0.2) is 0 Å². The quantitative estimate of drug-likeness (QED) is 0.101. The van der Waals surface area contributed by atoms with E-state index >= 15 is 0 Å². The summed E-state index contributed by atoms with van der Waals surface area (Å²) in [6, 6.07) is 0. The van der Waals surface area contributed by atoms with Crippen LogP contribution in [0.1, 0.15) is 77.0 Å². The van der Waals surface area contributed by atoms with Gasteiger partial charge in [-0.3, -0.25) is 0 Å². The van der Waals surface area contributed by atoms with Gasteiger partial charge in [-0.1, -0.05) is 0 Å². The van der Waals surface area contributed by atoms with E-state index < -0.39 is 27.8 Å². The zero-order chi connectivity index (χ0) is 53.4.